The van der Waals surface area contributed by atoms with Crippen LogP contribution in [0.5, 0.6) is 0 Å². The first kappa shape index (κ1) is 6.69. The Bertz CT molecular complexity index is 126. The van der Waals surface area contributed by atoms with Crippen LogP contribution in [0.2, 0.25) is 0 Å². The summed E-state index contributed by atoms with van der Waals surface area (Å²) < 4.78 is 0. The zero-order valence-corrected chi connectivity index (χ0v) is 7.03. The predicted octanol–water partition coefficient (Wildman–Crippen LogP) is 3.37. The fourth-order valence-corrected chi connectivity index (χ4v) is 2.91. The summed E-state index contributed by atoms with van der Waals surface area (Å²) in [5.41, 5.74) is 0.779. The Morgan fingerprint density at radius 2 is 2.00 bits per heavy atom. The summed E-state index contributed by atoms with van der Waals surface area (Å²) in [6.07, 6.45) is 10.7. The highest BCUT2D eigenvalue weighted by molar-refractivity contribution is 4.87. The van der Waals surface area contributed by atoms with E-state index in [1.165, 1.54) is 38.5 Å². The van der Waals surface area contributed by atoms with Crippen molar-refractivity contribution in [2.24, 2.45) is 11.3 Å². The highest BCUT2D eigenvalue weighted by Gasteiger charge is 2.35. The molecule has 58 valence electrons. The summed E-state index contributed by atoms with van der Waals surface area (Å²) in [7, 11) is 0. The largest absolute Gasteiger partial charge is 0.0596 e. The third-order valence-corrected chi connectivity index (χ3v) is 3.58. The topological polar surface area (TPSA) is 0 Å². The quantitative estimate of drug-likeness (QED) is 0.481. The van der Waals surface area contributed by atoms with Crippen LogP contribution in [0.4, 0.5) is 0 Å². The normalized spacial score (nSPS) is 47.1. The monoisotopic (exact) mass is 138 g/mol. The first-order valence-corrected chi connectivity index (χ1v) is 4.79. The molecular formula is C10H18. The van der Waals surface area contributed by atoms with E-state index in [0.717, 1.165) is 11.3 Å². The maximum Gasteiger partial charge on any atom is -0.0323 e. The molecule has 2 fully saturated rings. The Kier molecular flexibility index (Phi) is 1.51. The van der Waals surface area contributed by atoms with Crippen molar-refractivity contribution in [1.29, 1.82) is 0 Å². The van der Waals surface area contributed by atoms with Crippen molar-refractivity contribution >= 4 is 0 Å². The molecule has 0 radical (unpaired) electrons. The Morgan fingerprint density at radius 1 is 1.10 bits per heavy atom. The smallest absolute Gasteiger partial charge is 0.0323 e. The molecule has 2 saturated carbocycles. The van der Waals surface area contributed by atoms with Gasteiger partial charge >= 0.3 is 0 Å². The first-order valence-electron chi connectivity index (χ1n) is 4.79. The van der Waals surface area contributed by atoms with E-state index in [4.69, 9.17) is 0 Å². The van der Waals surface area contributed by atoms with Crippen molar-refractivity contribution in [3.63, 3.8) is 0 Å². The van der Waals surface area contributed by atoms with E-state index in [0.29, 0.717) is 0 Å². The number of hydrogen-bond donors (Lipinski definition) is 0. The summed E-state index contributed by atoms with van der Waals surface area (Å²) >= 11 is 0. The van der Waals surface area contributed by atoms with Crippen molar-refractivity contribution in [3.8, 4) is 0 Å². The zero-order valence-electron chi connectivity index (χ0n) is 7.03. The summed E-state index contributed by atoms with van der Waals surface area (Å²) in [4.78, 5) is 0. The van der Waals surface area contributed by atoms with Crippen LogP contribution in [-0.4, -0.2) is 0 Å². The Labute approximate surface area is 64.0 Å². The molecule has 0 heterocycles. The van der Waals surface area contributed by atoms with Gasteiger partial charge in [-0.05, 0) is 37.0 Å². The maximum absolute atomic E-state index is 2.50. The third kappa shape index (κ3) is 1.09. The molecule has 2 aliphatic rings. The molecule has 0 aromatic rings. The van der Waals surface area contributed by atoms with Crippen LogP contribution in [0.25, 0.3) is 0 Å². The lowest BCUT2D eigenvalue weighted by Gasteiger charge is -2.21. The minimum atomic E-state index is 0.779. The molecule has 2 bridgehead atoms. The minimum absolute atomic E-state index is 0.779. The Morgan fingerprint density at radius 3 is 2.90 bits per heavy atom. The first-order chi connectivity index (χ1) is 4.79. The molecule has 0 aliphatic heterocycles. The molecule has 0 aromatic heterocycles. The van der Waals surface area contributed by atoms with Gasteiger partial charge in [0.05, 0.1) is 0 Å². The SMILES string of the molecule is CC12CCCCC(CC1)C2. The molecule has 2 aliphatic carbocycles. The van der Waals surface area contributed by atoms with Gasteiger partial charge in [-0.2, -0.15) is 0 Å². The second-order valence-electron chi connectivity index (χ2n) is 4.67. The molecule has 2 atom stereocenters. The van der Waals surface area contributed by atoms with Gasteiger partial charge in [0.25, 0.3) is 0 Å². The van der Waals surface area contributed by atoms with Crippen LogP contribution >= 0.6 is 0 Å². The lowest BCUT2D eigenvalue weighted by atomic mass is 9.84. The van der Waals surface area contributed by atoms with Gasteiger partial charge < -0.3 is 0 Å². The Hall–Kier alpha value is 0. The summed E-state index contributed by atoms with van der Waals surface area (Å²) in [6, 6.07) is 0. The fraction of sp³-hybridized carbons (Fsp3) is 1.00. The Balaban J connectivity index is 2.09. The van der Waals surface area contributed by atoms with Crippen molar-refractivity contribution in [2.45, 2.75) is 51.9 Å². The van der Waals surface area contributed by atoms with Gasteiger partial charge in [-0.15, -0.1) is 0 Å². The van der Waals surface area contributed by atoms with Gasteiger partial charge in [0, 0.05) is 0 Å². The van der Waals surface area contributed by atoms with Gasteiger partial charge in [-0.3, -0.25) is 0 Å². The average Bonchev–Trinajstić information content (AvgIpc) is 2.11. The molecule has 0 spiro atoms. The second-order valence-corrected chi connectivity index (χ2v) is 4.67. The van der Waals surface area contributed by atoms with Gasteiger partial charge in [0.1, 0.15) is 0 Å². The summed E-state index contributed by atoms with van der Waals surface area (Å²) in [6.45, 7) is 2.50. The summed E-state index contributed by atoms with van der Waals surface area (Å²) in [5.74, 6) is 1.12. The number of rotatable bonds is 0. The molecule has 0 heteroatoms. The number of fused-ring (bicyclic) bond motifs is 2. The second kappa shape index (κ2) is 2.25. The van der Waals surface area contributed by atoms with Crippen LogP contribution in [0, 0.1) is 11.3 Å². The minimum Gasteiger partial charge on any atom is -0.0596 e. The van der Waals surface area contributed by atoms with Gasteiger partial charge in [-0.25, -0.2) is 0 Å². The van der Waals surface area contributed by atoms with Crippen molar-refractivity contribution in [1.82, 2.24) is 0 Å². The lowest BCUT2D eigenvalue weighted by molar-refractivity contribution is 0.304. The van der Waals surface area contributed by atoms with Crippen LogP contribution in [-0.2, 0) is 0 Å². The average molecular weight is 138 g/mol. The van der Waals surface area contributed by atoms with Crippen LogP contribution < -0.4 is 0 Å². The molecule has 2 unspecified atom stereocenters. The van der Waals surface area contributed by atoms with Crippen molar-refractivity contribution in [3.05, 3.63) is 0 Å². The highest BCUT2D eigenvalue weighted by Crippen LogP contribution is 2.49. The number of hydrogen-bond acceptors (Lipinski definition) is 0. The van der Waals surface area contributed by atoms with Crippen LogP contribution in [0.1, 0.15) is 51.9 Å². The summed E-state index contributed by atoms with van der Waals surface area (Å²) in [5, 5.41) is 0. The van der Waals surface area contributed by atoms with E-state index in [1.807, 2.05) is 0 Å². The third-order valence-electron chi connectivity index (χ3n) is 3.58. The molecule has 0 N–H and O–H groups in total. The lowest BCUT2D eigenvalue weighted by Crippen LogP contribution is -2.09. The molecule has 2 rings (SSSR count). The van der Waals surface area contributed by atoms with Gasteiger partial charge in [0.15, 0.2) is 0 Å². The van der Waals surface area contributed by atoms with Crippen LogP contribution in [0.3, 0.4) is 0 Å². The van der Waals surface area contributed by atoms with Gasteiger partial charge in [-0.1, -0.05) is 26.2 Å². The van der Waals surface area contributed by atoms with Gasteiger partial charge in [0.2, 0.25) is 0 Å². The molecular weight excluding hydrogens is 120 g/mol. The van der Waals surface area contributed by atoms with E-state index in [1.54, 1.807) is 6.42 Å². The highest BCUT2D eigenvalue weighted by atomic mass is 14.4. The standard InChI is InChI=1S/C10H18/c1-10-6-3-2-4-9(8-10)5-7-10/h9H,2-8H2,1H3. The molecule has 0 saturated heterocycles. The maximum atomic E-state index is 2.50. The molecule has 0 amide bonds. The van der Waals surface area contributed by atoms with E-state index < -0.39 is 0 Å². The van der Waals surface area contributed by atoms with Crippen LogP contribution in [0.15, 0.2) is 0 Å². The van der Waals surface area contributed by atoms with E-state index in [-0.39, 0.29) is 0 Å². The molecule has 0 aromatic carbocycles. The predicted molar refractivity (Wildman–Crippen MR) is 43.9 cm³/mol. The van der Waals surface area contributed by atoms with E-state index in [9.17, 15) is 0 Å². The fourth-order valence-electron chi connectivity index (χ4n) is 2.91. The van der Waals surface area contributed by atoms with E-state index in [2.05, 4.69) is 6.92 Å². The van der Waals surface area contributed by atoms with Crippen molar-refractivity contribution in [2.75, 3.05) is 0 Å². The zero-order chi connectivity index (χ0) is 7.03. The van der Waals surface area contributed by atoms with E-state index >= 15 is 0 Å². The molecule has 10 heavy (non-hydrogen) atoms. The van der Waals surface area contributed by atoms with Crippen molar-refractivity contribution < 1.29 is 0 Å². The molecule has 0 nitrogen and oxygen atoms in total.